The Bertz CT molecular complexity index is 1560. The van der Waals surface area contributed by atoms with Crippen LogP contribution >= 0.6 is 11.7 Å². The first-order valence-electron chi connectivity index (χ1n) is 10.1. The summed E-state index contributed by atoms with van der Waals surface area (Å²) in [7, 11) is -4.10. The molecule has 34 heavy (non-hydrogen) atoms. The summed E-state index contributed by atoms with van der Waals surface area (Å²) in [6.07, 6.45) is 0.0912. The van der Waals surface area contributed by atoms with Gasteiger partial charge in [0.1, 0.15) is 11.0 Å². The van der Waals surface area contributed by atoms with E-state index in [9.17, 15) is 22.8 Å². The number of carbonyl (C=O) groups is 3. The second-order valence-electron chi connectivity index (χ2n) is 7.72. The Hall–Kier alpha value is -3.96. The highest BCUT2D eigenvalue weighted by Crippen LogP contribution is 2.27. The molecule has 170 valence electrons. The van der Waals surface area contributed by atoms with Crippen LogP contribution in [0.3, 0.4) is 0 Å². The van der Waals surface area contributed by atoms with Gasteiger partial charge in [0.2, 0.25) is 5.91 Å². The van der Waals surface area contributed by atoms with Crippen molar-refractivity contribution in [1.29, 1.82) is 0 Å². The molecule has 0 aliphatic carbocycles. The average Bonchev–Trinajstić information content (AvgIpc) is 3.41. The zero-order valence-corrected chi connectivity index (χ0v) is 19.0. The van der Waals surface area contributed by atoms with Crippen molar-refractivity contribution in [3.63, 3.8) is 0 Å². The number of nitrogens with zero attached hydrogens (tertiary/aromatic N) is 2. The van der Waals surface area contributed by atoms with Crippen molar-refractivity contribution in [3.05, 3.63) is 89.0 Å². The van der Waals surface area contributed by atoms with Gasteiger partial charge in [-0.15, -0.1) is 0 Å². The Morgan fingerprint density at radius 1 is 0.912 bits per heavy atom. The summed E-state index contributed by atoms with van der Waals surface area (Å²) in [6.45, 7) is 0. The number of sulfonamides is 1. The summed E-state index contributed by atoms with van der Waals surface area (Å²) in [5.41, 5.74) is 2.87. The van der Waals surface area contributed by atoms with Gasteiger partial charge >= 0.3 is 0 Å². The van der Waals surface area contributed by atoms with E-state index in [1.807, 2.05) is 0 Å². The van der Waals surface area contributed by atoms with Crippen LogP contribution in [0.15, 0.2) is 71.6 Å². The predicted octanol–water partition coefficient (Wildman–Crippen LogP) is 2.41. The predicted molar refractivity (Wildman–Crippen MR) is 124 cm³/mol. The molecular weight excluding hydrogens is 476 g/mol. The number of fused-ring (bicyclic) bond motifs is 2. The number of imide groups is 1. The van der Waals surface area contributed by atoms with Crippen molar-refractivity contribution < 1.29 is 22.8 Å². The second kappa shape index (κ2) is 8.43. The van der Waals surface area contributed by atoms with Gasteiger partial charge in [0.05, 0.1) is 33.7 Å². The molecule has 3 aromatic carbocycles. The summed E-state index contributed by atoms with van der Waals surface area (Å²) in [4.78, 5) is 37.2. The van der Waals surface area contributed by atoms with Crippen LogP contribution in [0.2, 0.25) is 0 Å². The van der Waals surface area contributed by atoms with E-state index >= 15 is 0 Å². The van der Waals surface area contributed by atoms with Gasteiger partial charge < -0.3 is 0 Å². The lowest BCUT2D eigenvalue weighted by molar-refractivity contribution is -0.120. The zero-order valence-electron chi connectivity index (χ0n) is 17.4. The Balaban J connectivity index is 1.51. The molecule has 2 heterocycles. The van der Waals surface area contributed by atoms with Gasteiger partial charge in [-0.25, -0.2) is 13.1 Å². The van der Waals surface area contributed by atoms with Crippen LogP contribution < -0.4 is 10.0 Å². The fourth-order valence-corrected chi connectivity index (χ4v) is 5.38. The van der Waals surface area contributed by atoms with Crippen molar-refractivity contribution in [2.75, 3.05) is 0 Å². The number of amides is 3. The van der Waals surface area contributed by atoms with Crippen LogP contribution in [0.1, 0.15) is 37.8 Å². The molecule has 0 saturated heterocycles. The molecule has 2 N–H and O–H groups in total. The highest BCUT2D eigenvalue weighted by molar-refractivity contribution is 7.90. The molecule has 0 saturated carbocycles. The van der Waals surface area contributed by atoms with Gasteiger partial charge in [0.25, 0.3) is 21.8 Å². The number of benzene rings is 3. The minimum atomic E-state index is -4.10. The van der Waals surface area contributed by atoms with Gasteiger partial charge in [-0.05, 0) is 53.9 Å². The number of hydrogen-bond donors (Lipinski definition) is 2. The molecule has 5 rings (SSSR count). The summed E-state index contributed by atoms with van der Waals surface area (Å²) < 4.78 is 36.1. The third-order valence-electron chi connectivity index (χ3n) is 5.53. The Kier molecular flexibility index (Phi) is 5.42. The number of aromatic nitrogens is 2. The zero-order chi connectivity index (χ0) is 23.9. The third-order valence-corrected chi connectivity index (χ3v) is 7.44. The van der Waals surface area contributed by atoms with E-state index in [4.69, 9.17) is 0 Å². The van der Waals surface area contributed by atoms with Crippen molar-refractivity contribution in [3.8, 4) is 0 Å². The van der Waals surface area contributed by atoms with E-state index in [-0.39, 0.29) is 22.4 Å². The minimum absolute atomic E-state index is 0.0334. The quantitative estimate of drug-likeness (QED) is 0.395. The fraction of sp³-hybridized carbons (Fsp3) is 0.0870. The molecule has 3 amide bonds. The van der Waals surface area contributed by atoms with Crippen molar-refractivity contribution >= 4 is 50.5 Å². The van der Waals surface area contributed by atoms with Crippen LogP contribution in [-0.4, -0.2) is 34.9 Å². The first kappa shape index (κ1) is 21.9. The Labute approximate surface area is 198 Å². The first-order valence-corrected chi connectivity index (χ1v) is 12.4. The molecule has 0 radical (unpaired) electrons. The lowest BCUT2D eigenvalue weighted by atomic mass is 9.90. The molecular formula is C23H16N4O5S2. The molecule has 0 spiro atoms. The van der Waals surface area contributed by atoms with E-state index in [2.05, 4.69) is 18.8 Å². The molecule has 1 aromatic heterocycles. The Morgan fingerprint density at radius 2 is 1.65 bits per heavy atom. The maximum Gasteiger partial charge on any atom is 0.264 e. The molecule has 1 aliphatic heterocycles. The Morgan fingerprint density at radius 3 is 2.44 bits per heavy atom. The third kappa shape index (κ3) is 4.06. The van der Waals surface area contributed by atoms with Crippen molar-refractivity contribution in [2.45, 2.75) is 17.2 Å². The van der Waals surface area contributed by atoms with Crippen molar-refractivity contribution in [1.82, 2.24) is 18.8 Å². The number of carbonyl (C=O) groups excluding carboxylic acids is 3. The van der Waals surface area contributed by atoms with Gasteiger partial charge in [0, 0.05) is 0 Å². The van der Waals surface area contributed by atoms with Crippen LogP contribution in [0, 0.1) is 0 Å². The first-order chi connectivity index (χ1) is 16.3. The lowest BCUT2D eigenvalue weighted by Gasteiger charge is -2.18. The smallest absolute Gasteiger partial charge is 0.264 e. The number of rotatable bonds is 6. The van der Waals surface area contributed by atoms with Gasteiger partial charge in [-0.3, -0.25) is 19.7 Å². The molecule has 11 heteroatoms. The fourth-order valence-electron chi connectivity index (χ4n) is 3.82. The second-order valence-corrected chi connectivity index (χ2v) is 9.93. The van der Waals surface area contributed by atoms with Gasteiger partial charge in [-0.2, -0.15) is 8.75 Å². The van der Waals surface area contributed by atoms with Crippen molar-refractivity contribution in [2.24, 2.45) is 0 Å². The number of hydrogen-bond acceptors (Lipinski definition) is 8. The molecule has 1 atom stereocenters. The normalized spacial score (nSPS) is 14.0. The molecule has 1 aliphatic rings. The van der Waals surface area contributed by atoms with Crippen LogP contribution in [0.4, 0.5) is 0 Å². The maximum absolute atomic E-state index is 13.3. The summed E-state index contributed by atoms with van der Waals surface area (Å²) >= 11 is 1.03. The van der Waals surface area contributed by atoms with Crippen LogP contribution in [-0.2, 0) is 21.2 Å². The minimum Gasteiger partial charge on any atom is -0.288 e. The highest BCUT2D eigenvalue weighted by Gasteiger charge is 2.30. The monoisotopic (exact) mass is 492 g/mol. The number of nitrogens with one attached hydrogen (secondary N) is 2. The van der Waals surface area contributed by atoms with E-state index in [0.717, 1.165) is 11.7 Å². The van der Waals surface area contributed by atoms with E-state index in [0.29, 0.717) is 22.2 Å². The molecule has 9 nitrogen and oxygen atoms in total. The van der Waals surface area contributed by atoms with Crippen LogP contribution in [0.5, 0.6) is 0 Å². The SMILES string of the molecule is O=C1NC(=O)c2cc(CC(C(=O)NS(=O)(=O)c3ccccc3)c3ccc4nsnc4c3)ccc21. The summed E-state index contributed by atoms with van der Waals surface area (Å²) in [6, 6.07) is 17.4. The molecule has 1 unspecified atom stereocenters. The van der Waals surface area contributed by atoms with Crippen LogP contribution in [0.25, 0.3) is 11.0 Å². The molecule has 0 fully saturated rings. The van der Waals surface area contributed by atoms with Gasteiger partial charge in [0.15, 0.2) is 0 Å². The standard InChI is InChI=1S/C23H16N4O5S2/c28-21-16-8-6-13(11-18(16)22(29)24-21)10-17(14-7-9-19-20(12-14)26-33-25-19)23(30)27-34(31,32)15-4-2-1-3-5-15/h1-9,11-12,17H,10H2,(H,27,30)(H,24,28,29). The largest absolute Gasteiger partial charge is 0.288 e. The maximum atomic E-state index is 13.3. The molecule has 4 aromatic rings. The van der Waals surface area contributed by atoms with E-state index < -0.39 is 33.7 Å². The topological polar surface area (TPSA) is 135 Å². The average molecular weight is 493 g/mol. The van der Waals surface area contributed by atoms with E-state index in [1.165, 1.54) is 18.2 Å². The van der Waals surface area contributed by atoms with E-state index in [1.54, 1.807) is 48.5 Å². The lowest BCUT2D eigenvalue weighted by Crippen LogP contribution is -2.35. The highest BCUT2D eigenvalue weighted by atomic mass is 32.2. The van der Waals surface area contributed by atoms with Gasteiger partial charge in [-0.1, -0.05) is 30.3 Å². The molecule has 0 bridgehead atoms. The summed E-state index contributed by atoms with van der Waals surface area (Å²) in [5, 5.41) is 2.23. The summed E-state index contributed by atoms with van der Waals surface area (Å²) in [5.74, 6) is -2.63.